The summed E-state index contributed by atoms with van der Waals surface area (Å²) in [6, 6.07) is 5.01. The SMILES string of the molecule is C#Cc1c(F)ccc2cc(O)cc(-c3nc(OC)c4c(N5CC(CO)OCC(C)(O)C5)nc(OCC56CC(F)CN5CC5(CC5)C6)nc4c3F)c12. The van der Waals surface area contributed by atoms with E-state index in [1.807, 2.05) is 0 Å². The fourth-order valence-electron chi connectivity index (χ4n) is 8.39. The molecule has 4 fully saturated rings. The molecule has 3 N–H and O–H groups in total. The Balaban J connectivity index is 1.33. The Morgan fingerprint density at radius 2 is 1.92 bits per heavy atom. The highest BCUT2D eigenvalue weighted by Crippen LogP contribution is 2.61. The van der Waals surface area contributed by atoms with Crippen LogP contribution in [0, 0.1) is 29.4 Å². The van der Waals surface area contributed by atoms with Crippen molar-refractivity contribution in [3.63, 3.8) is 0 Å². The molecular weight excluding hydrogens is 667 g/mol. The molecule has 0 amide bonds. The minimum absolute atomic E-state index is 0.000563. The monoisotopic (exact) mass is 705 g/mol. The molecule has 3 saturated heterocycles. The van der Waals surface area contributed by atoms with Crippen molar-refractivity contribution in [1.29, 1.82) is 0 Å². The van der Waals surface area contributed by atoms with E-state index in [9.17, 15) is 19.7 Å². The lowest BCUT2D eigenvalue weighted by molar-refractivity contribution is -0.0528. The summed E-state index contributed by atoms with van der Waals surface area (Å²) in [4.78, 5) is 17.6. The first-order valence-electron chi connectivity index (χ1n) is 17.0. The quantitative estimate of drug-likeness (QED) is 0.240. The van der Waals surface area contributed by atoms with Crippen molar-refractivity contribution in [1.82, 2.24) is 19.9 Å². The first-order chi connectivity index (χ1) is 24.4. The molecule has 2 aromatic carbocycles. The third kappa shape index (κ3) is 5.76. The van der Waals surface area contributed by atoms with Crippen molar-refractivity contribution >= 4 is 27.5 Å². The van der Waals surface area contributed by atoms with Gasteiger partial charge in [-0.3, -0.25) is 4.90 Å². The summed E-state index contributed by atoms with van der Waals surface area (Å²) in [6.07, 6.45) is 7.22. The lowest BCUT2D eigenvalue weighted by Gasteiger charge is -2.32. The first kappa shape index (κ1) is 33.7. The van der Waals surface area contributed by atoms with Gasteiger partial charge in [-0.05, 0) is 55.2 Å². The van der Waals surface area contributed by atoms with E-state index in [1.54, 1.807) is 11.8 Å². The summed E-state index contributed by atoms with van der Waals surface area (Å²) in [6.45, 7) is 2.32. The van der Waals surface area contributed by atoms with Crippen LogP contribution in [0.15, 0.2) is 24.3 Å². The standard InChI is InChI=1S/C37H38F3N5O6/c1-4-24-26(39)6-5-20-9-22(47)10-25(27(20)24)30-29(40)31-28(33(41-30)49-3)32(44-13-23(14-46)50-18-35(2,48)16-44)43-34(42-31)51-19-37-11-21(38)12-45(37)17-36(15-37)7-8-36/h1,5-6,9-10,21,23,46-48H,7-8,11-19H2,2-3H3. The maximum absolute atomic E-state index is 17.2. The number of fused-ring (bicyclic) bond motifs is 3. The average Bonchev–Trinajstić information content (AvgIpc) is 3.73. The lowest BCUT2D eigenvalue weighted by Crippen LogP contribution is -2.44. The molecule has 14 heteroatoms. The van der Waals surface area contributed by atoms with Crippen LogP contribution in [0.5, 0.6) is 17.6 Å². The van der Waals surface area contributed by atoms with Gasteiger partial charge in [0.2, 0.25) is 5.88 Å². The van der Waals surface area contributed by atoms with E-state index in [1.165, 1.54) is 31.4 Å². The largest absolute Gasteiger partial charge is 0.508 e. The number of phenols is 1. The number of terminal acetylenes is 1. The fourth-order valence-corrected chi connectivity index (χ4v) is 8.39. The van der Waals surface area contributed by atoms with Gasteiger partial charge < -0.3 is 34.4 Å². The Kier molecular flexibility index (Phi) is 7.99. The van der Waals surface area contributed by atoms with E-state index in [0.29, 0.717) is 18.4 Å². The minimum Gasteiger partial charge on any atom is -0.508 e. The second-order valence-electron chi connectivity index (χ2n) is 14.9. The van der Waals surface area contributed by atoms with Gasteiger partial charge in [-0.1, -0.05) is 12.0 Å². The van der Waals surface area contributed by atoms with Gasteiger partial charge >= 0.3 is 6.01 Å². The predicted molar refractivity (Wildman–Crippen MR) is 182 cm³/mol. The number of hydrogen-bond donors (Lipinski definition) is 3. The number of aromatic hydroxyl groups is 1. The van der Waals surface area contributed by atoms with E-state index in [2.05, 4.69) is 20.8 Å². The summed E-state index contributed by atoms with van der Waals surface area (Å²) < 4.78 is 64.8. The molecule has 2 aromatic heterocycles. The highest BCUT2D eigenvalue weighted by Gasteiger charge is 2.62. The van der Waals surface area contributed by atoms with Crippen LogP contribution >= 0.6 is 0 Å². The molecule has 3 aliphatic heterocycles. The highest BCUT2D eigenvalue weighted by molar-refractivity contribution is 6.04. The summed E-state index contributed by atoms with van der Waals surface area (Å²) in [7, 11) is 1.33. The molecule has 1 aliphatic carbocycles. The number of aliphatic hydroxyl groups excluding tert-OH is 1. The number of benzene rings is 2. The van der Waals surface area contributed by atoms with Gasteiger partial charge in [0.1, 0.15) is 52.4 Å². The lowest BCUT2D eigenvalue weighted by atomic mass is 9.89. The van der Waals surface area contributed by atoms with Crippen LogP contribution in [0.25, 0.3) is 32.9 Å². The third-order valence-electron chi connectivity index (χ3n) is 10.8. The molecule has 1 spiro atoms. The van der Waals surface area contributed by atoms with E-state index in [0.717, 1.165) is 25.8 Å². The number of β-amino-alcohol motifs (C(OH)–C–C–N with tert-alkyl or cyclic N) is 1. The predicted octanol–water partition coefficient (Wildman–Crippen LogP) is 4.11. The number of aliphatic hydroxyl groups is 2. The maximum atomic E-state index is 17.2. The number of hydrogen-bond acceptors (Lipinski definition) is 11. The molecule has 51 heavy (non-hydrogen) atoms. The Morgan fingerprint density at radius 1 is 1.12 bits per heavy atom. The number of ether oxygens (including phenoxy) is 3. The van der Waals surface area contributed by atoms with E-state index < -0.39 is 35.1 Å². The van der Waals surface area contributed by atoms with E-state index in [-0.39, 0.29) is 94.9 Å². The molecule has 5 heterocycles. The second kappa shape index (κ2) is 12.1. The van der Waals surface area contributed by atoms with Gasteiger partial charge in [0.05, 0.1) is 44.1 Å². The third-order valence-corrected chi connectivity index (χ3v) is 10.8. The van der Waals surface area contributed by atoms with Gasteiger partial charge in [-0.15, -0.1) is 6.42 Å². The molecule has 4 aromatic rings. The zero-order valence-electron chi connectivity index (χ0n) is 28.3. The zero-order chi connectivity index (χ0) is 35.9. The van der Waals surface area contributed by atoms with Crippen molar-refractivity contribution in [3.05, 3.63) is 41.5 Å². The molecule has 1 saturated carbocycles. The number of aromatic nitrogens is 3. The Hall–Kier alpha value is -4.42. The number of pyridine rings is 1. The van der Waals surface area contributed by atoms with Gasteiger partial charge in [0.15, 0.2) is 5.82 Å². The van der Waals surface area contributed by atoms with Crippen LogP contribution in [0.4, 0.5) is 19.0 Å². The average molecular weight is 706 g/mol. The molecule has 268 valence electrons. The molecular formula is C37H38F3N5O6. The topological polar surface area (TPSA) is 134 Å². The smallest absolute Gasteiger partial charge is 0.319 e. The second-order valence-corrected chi connectivity index (χ2v) is 14.9. The Labute approximate surface area is 292 Å². The summed E-state index contributed by atoms with van der Waals surface area (Å²) in [5, 5.41) is 32.5. The fraction of sp³-hybridized carbons (Fsp3) is 0.486. The van der Waals surface area contributed by atoms with Crippen LogP contribution in [0.1, 0.15) is 38.2 Å². The number of halogens is 3. The van der Waals surface area contributed by atoms with Crippen molar-refractivity contribution < 1.29 is 42.7 Å². The highest BCUT2D eigenvalue weighted by atomic mass is 19.1. The minimum atomic E-state index is -1.40. The van der Waals surface area contributed by atoms with Gasteiger partial charge in [0, 0.05) is 37.0 Å². The molecule has 4 aliphatic rings. The van der Waals surface area contributed by atoms with Gasteiger partial charge in [-0.25, -0.2) is 18.2 Å². The number of anilines is 1. The number of nitrogens with zero attached hydrogens (tertiary/aromatic N) is 5. The van der Waals surface area contributed by atoms with Crippen LogP contribution in [-0.2, 0) is 4.74 Å². The zero-order valence-corrected chi connectivity index (χ0v) is 28.3. The number of methoxy groups -OCH3 is 1. The molecule has 0 bridgehead atoms. The normalized spacial score (nSPS) is 27.1. The van der Waals surface area contributed by atoms with E-state index >= 15 is 8.78 Å². The Morgan fingerprint density at radius 3 is 2.65 bits per heavy atom. The van der Waals surface area contributed by atoms with Gasteiger partial charge in [0.25, 0.3) is 0 Å². The summed E-state index contributed by atoms with van der Waals surface area (Å²) in [5.41, 5.74) is -2.55. The van der Waals surface area contributed by atoms with Crippen molar-refractivity contribution in [2.75, 3.05) is 58.0 Å². The Bertz CT molecular complexity index is 2110. The van der Waals surface area contributed by atoms with Crippen LogP contribution < -0.4 is 14.4 Å². The van der Waals surface area contributed by atoms with Crippen molar-refractivity contribution in [2.45, 2.75) is 56.0 Å². The van der Waals surface area contributed by atoms with E-state index in [4.69, 9.17) is 25.6 Å². The number of rotatable bonds is 7. The number of phenolic OH excluding ortho intramolecular Hbond substituents is 1. The molecule has 11 nitrogen and oxygen atoms in total. The molecule has 4 atom stereocenters. The number of alkyl halides is 1. The maximum Gasteiger partial charge on any atom is 0.319 e. The molecule has 4 unspecified atom stereocenters. The molecule has 0 radical (unpaired) electrons. The molecule has 8 rings (SSSR count). The van der Waals surface area contributed by atoms with Crippen molar-refractivity contribution in [2.24, 2.45) is 5.41 Å². The van der Waals surface area contributed by atoms with Crippen LogP contribution in [-0.4, -0.2) is 112 Å². The van der Waals surface area contributed by atoms with Crippen molar-refractivity contribution in [3.8, 4) is 41.2 Å². The van der Waals surface area contributed by atoms with Crippen LogP contribution in [0.2, 0.25) is 0 Å². The first-order valence-corrected chi connectivity index (χ1v) is 17.0. The van der Waals surface area contributed by atoms with Gasteiger partial charge in [-0.2, -0.15) is 9.97 Å². The van der Waals surface area contributed by atoms with Crippen LogP contribution in [0.3, 0.4) is 0 Å². The summed E-state index contributed by atoms with van der Waals surface area (Å²) >= 11 is 0. The summed E-state index contributed by atoms with van der Waals surface area (Å²) in [5.74, 6) is 0.405.